The van der Waals surface area contributed by atoms with Crippen LogP contribution in [0.4, 0.5) is 5.69 Å². The van der Waals surface area contributed by atoms with E-state index in [2.05, 4.69) is 22.5 Å². The van der Waals surface area contributed by atoms with Gasteiger partial charge in [0.15, 0.2) is 5.78 Å². The van der Waals surface area contributed by atoms with Gasteiger partial charge in [-0.05, 0) is 18.2 Å². The van der Waals surface area contributed by atoms with Gasteiger partial charge in [0.05, 0.1) is 11.3 Å². The van der Waals surface area contributed by atoms with Crippen molar-refractivity contribution in [3.63, 3.8) is 0 Å². The third-order valence-electron chi connectivity index (χ3n) is 5.64. The molecule has 1 atom stereocenters. The Labute approximate surface area is 178 Å². The van der Waals surface area contributed by atoms with Gasteiger partial charge in [0.2, 0.25) is 5.60 Å². The molecular weight excluding hydrogens is 426 g/mol. The van der Waals surface area contributed by atoms with E-state index in [0.717, 1.165) is 27.0 Å². The van der Waals surface area contributed by atoms with Gasteiger partial charge >= 0.3 is 0 Å². The van der Waals surface area contributed by atoms with E-state index in [-0.39, 0.29) is 5.78 Å². The van der Waals surface area contributed by atoms with Crippen LogP contribution >= 0.6 is 15.9 Å². The van der Waals surface area contributed by atoms with Crippen LogP contribution in [0.3, 0.4) is 0 Å². The third kappa shape index (κ3) is 2.45. The lowest BCUT2D eigenvalue weighted by Gasteiger charge is -2.44. The number of ether oxygens (including phenoxy) is 1. The maximum atomic E-state index is 13.7. The summed E-state index contributed by atoms with van der Waals surface area (Å²) in [6.07, 6.45) is 0. The van der Waals surface area contributed by atoms with Crippen molar-refractivity contribution in [2.75, 3.05) is 11.9 Å². The van der Waals surface area contributed by atoms with Gasteiger partial charge in [-0.2, -0.15) is 0 Å². The zero-order valence-corrected chi connectivity index (χ0v) is 17.4. The highest BCUT2D eigenvalue weighted by atomic mass is 79.9. The van der Waals surface area contributed by atoms with E-state index in [1.807, 2.05) is 90.8 Å². The number of anilines is 1. The Morgan fingerprint density at radius 2 is 1.66 bits per heavy atom. The number of rotatable bonds is 3. The molecule has 0 N–H and O–H groups in total. The lowest BCUT2D eigenvalue weighted by molar-refractivity contribution is 0.0568. The number of likely N-dealkylation sites (N-methyl/N-ethyl adjacent to an activating group) is 1. The van der Waals surface area contributed by atoms with Gasteiger partial charge in [0, 0.05) is 33.9 Å². The van der Waals surface area contributed by atoms with Crippen molar-refractivity contribution in [3.05, 3.63) is 118 Å². The average molecular weight is 444 g/mol. The first-order chi connectivity index (χ1) is 14.0. The Balaban J connectivity index is 1.77. The largest absolute Gasteiger partial charge is 0.470 e. The second-order valence-electron chi connectivity index (χ2n) is 7.22. The van der Waals surface area contributed by atoms with Gasteiger partial charge in [-0.3, -0.25) is 4.79 Å². The van der Waals surface area contributed by atoms with Crippen LogP contribution in [0.1, 0.15) is 21.5 Å². The molecule has 2 aliphatic rings. The van der Waals surface area contributed by atoms with Gasteiger partial charge in [0.1, 0.15) is 5.76 Å². The first-order valence-electron chi connectivity index (χ1n) is 9.36. The van der Waals surface area contributed by atoms with E-state index < -0.39 is 5.60 Å². The van der Waals surface area contributed by atoms with Crippen molar-refractivity contribution in [2.45, 2.75) is 5.60 Å². The van der Waals surface area contributed by atoms with Crippen molar-refractivity contribution in [3.8, 4) is 0 Å². The molecule has 142 valence electrons. The fraction of sp³-hybridized carbons (Fsp3) is 0.0800. The summed E-state index contributed by atoms with van der Waals surface area (Å²) in [5.41, 5.74) is 3.83. The molecule has 0 amide bonds. The normalized spacial score (nSPS) is 19.8. The van der Waals surface area contributed by atoms with Gasteiger partial charge in [-0.1, -0.05) is 83.2 Å². The molecule has 0 unspecified atom stereocenters. The lowest BCUT2D eigenvalue weighted by atomic mass is 9.75. The summed E-state index contributed by atoms with van der Waals surface area (Å²) in [4.78, 5) is 15.7. The van der Waals surface area contributed by atoms with Gasteiger partial charge in [-0.25, -0.2) is 0 Å². The minimum Gasteiger partial charge on any atom is -0.470 e. The molecular formula is C25H18BrNO2. The molecule has 0 radical (unpaired) electrons. The van der Waals surface area contributed by atoms with Gasteiger partial charge in [0.25, 0.3) is 0 Å². The molecule has 0 aromatic heterocycles. The molecule has 0 saturated carbocycles. The number of halogens is 1. The minimum atomic E-state index is -0.980. The van der Waals surface area contributed by atoms with E-state index in [1.165, 1.54) is 0 Å². The fourth-order valence-electron chi connectivity index (χ4n) is 4.17. The molecule has 3 aromatic carbocycles. The Morgan fingerprint density at radius 1 is 1.00 bits per heavy atom. The van der Waals surface area contributed by atoms with Crippen molar-refractivity contribution in [2.24, 2.45) is 0 Å². The lowest BCUT2D eigenvalue weighted by Crippen LogP contribution is -2.44. The molecule has 1 spiro atoms. The molecule has 29 heavy (non-hydrogen) atoms. The Kier molecular flexibility index (Phi) is 4.00. The Morgan fingerprint density at radius 3 is 2.34 bits per heavy atom. The van der Waals surface area contributed by atoms with Crippen molar-refractivity contribution in [1.29, 1.82) is 0 Å². The molecule has 0 aliphatic carbocycles. The van der Waals surface area contributed by atoms with E-state index in [4.69, 9.17) is 4.74 Å². The van der Waals surface area contributed by atoms with Crippen LogP contribution < -0.4 is 4.90 Å². The number of fused-ring (bicyclic) bond motifs is 2. The maximum absolute atomic E-state index is 13.7. The highest BCUT2D eigenvalue weighted by Gasteiger charge is 2.60. The van der Waals surface area contributed by atoms with E-state index in [9.17, 15) is 4.79 Å². The fourth-order valence-corrected chi connectivity index (χ4v) is 4.53. The quantitative estimate of drug-likeness (QED) is 0.469. The summed E-state index contributed by atoms with van der Waals surface area (Å²) in [6.45, 7) is 4.31. The van der Waals surface area contributed by atoms with E-state index in [0.29, 0.717) is 16.9 Å². The molecule has 0 saturated heterocycles. The number of carbonyl (C=O) groups is 1. The Hall–Kier alpha value is -3.11. The highest BCUT2D eigenvalue weighted by molar-refractivity contribution is 9.10. The van der Waals surface area contributed by atoms with Crippen LogP contribution in [0, 0.1) is 0 Å². The number of hydrogen-bond donors (Lipinski definition) is 0. The van der Waals surface area contributed by atoms with Gasteiger partial charge in [-0.15, -0.1) is 0 Å². The van der Waals surface area contributed by atoms with Gasteiger partial charge < -0.3 is 9.64 Å². The molecule has 0 bridgehead atoms. The number of benzene rings is 3. The summed E-state index contributed by atoms with van der Waals surface area (Å²) in [7, 11) is 1.96. The molecule has 3 nitrogen and oxygen atoms in total. The molecule has 2 heterocycles. The van der Waals surface area contributed by atoms with Crippen LogP contribution in [0.2, 0.25) is 0 Å². The summed E-state index contributed by atoms with van der Waals surface area (Å²) >= 11 is 3.57. The SMILES string of the molecule is C=C1N(C)c2ccc(Br)cc2[C@]12OC(c1ccccc1)=C2C(=O)c1ccccc1. The first-order valence-corrected chi connectivity index (χ1v) is 10.2. The minimum absolute atomic E-state index is 0.0434. The van der Waals surface area contributed by atoms with Crippen molar-refractivity contribution in [1.82, 2.24) is 0 Å². The monoisotopic (exact) mass is 443 g/mol. The molecule has 3 aromatic rings. The maximum Gasteiger partial charge on any atom is 0.208 e. The third-order valence-corrected chi connectivity index (χ3v) is 6.14. The number of nitrogens with zero attached hydrogens (tertiary/aromatic N) is 1. The second kappa shape index (κ2) is 6.46. The Bertz CT molecular complexity index is 1180. The molecule has 4 heteroatoms. The van der Waals surface area contributed by atoms with Crippen molar-refractivity contribution >= 4 is 33.2 Å². The predicted molar refractivity (Wildman–Crippen MR) is 119 cm³/mol. The highest BCUT2D eigenvalue weighted by Crippen LogP contribution is 2.61. The van der Waals surface area contributed by atoms with E-state index >= 15 is 0 Å². The zero-order valence-electron chi connectivity index (χ0n) is 15.9. The summed E-state index contributed by atoms with van der Waals surface area (Å²) in [6, 6.07) is 25.1. The van der Waals surface area contributed by atoms with Crippen LogP contribution in [0.25, 0.3) is 5.76 Å². The zero-order chi connectivity index (χ0) is 20.2. The van der Waals surface area contributed by atoms with Crippen LogP contribution in [-0.2, 0) is 10.3 Å². The van der Waals surface area contributed by atoms with Crippen LogP contribution in [-0.4, -0.2) is 12.8 Å². The number of Topliss-reactive ketones (excluding diaryl/α,β-unsaturated/α-hetero) is 1. The number of carbonyl (C=O) groups excluding carboxylic acids is 1. The van der Waals surface area contributed by atoms with Crippen LogP contribution in [0.5, 0.6) is 0 Å². The predicted octanol–water partition coefficient (Wildman–Crippen LogP) is 5.93. The number of ketones is 1. The summed E-state index contributed by atoms with van der Waals surface area (Å²) in [5, 5.41) is 0. The molecule has 0 fully saturated rings. The second-order valence-corrected chi connectivity index (χ2v) is 8.13. The summed E-state index contributed by atoms with van der Waals surface area (Å²) < 4.78 is 7.42. The van der Waals surface area contributed by atoms with E-state index in [1.54, 1.807) is 0 Å². The standard InChI is InChI=1S/C25H18BrNO2/c1-16-25(20-15-19(26)13-14-21(20)27(16)2)22(23(28)17-9-5-3-6-10-17)24(29-25)18-11-7-4-8-12-18/h3-15H,1H2,2H3/t25-/m1/s1. The smallest absolute Gasteiger partial charge is 0.208 e. The van der Waals surface area contributed by atoms with Crippen molar-refractivity contribution < 1.29 is 9.53 Å². The molecule has 5 rings (SSSR count). The summed E-state index contributed by atoms with van der Waals surface area (Å²) in [5.74, 6) is 0.569. The first kappa shape index (κ1) is 18.0. The number of hydrogen-bond acceptors (Lipinski definition) is 3. The molecule has 2 aliphatic heterocycles. The van der Waals surface area contributed by atoms with Crippen LogP contribution in [0.15, 0.2) is 101 Å². The average Bonchev–Trinajstić information content (AvgIpc) is 2.95. The topological polar surface area (TPSA) is 29.5 Å².